The number of hydrogen-bond donors (Lipinski definition) is 1. The summed E-state index contributed by atoms with van der Waals surface area (Å²) in [6.07, 6.45) is 0. The maximum atomic E-state index is 13.1. The lowest BCUT2D eigenvalue weighted by molar-refractivity contribution is -0.115. The lowest BCUT2D eigenvalue weighted by Crippen LogP contribution is -2.12. The molecule has 1 aliphatic heterocycles. The third-order valence-electron chi connectivity index (χ3n) is 4.24. The van der Waals surface area contributed by atoms with Gasteiger partial charge in [0, 0.05) is 5.39 Å². The molecule has 24 heavy (non-hydrogen) atoms. The van der Waals surface area contributed by atoms with Crippen LogP contribution in [0.2, 0.25) is 0 Å². The third-order valence-corrected chi connectivity index (χ3v) is 5.29. The second-order valence-corrected chi connectivity index (χ2v) is 6.72. The first-order valence-electron chi connectivity index (χ1n) is 7.54. The zero-order valence-corrected chi connectivity index (χ0v) is 13.3. The fraction of sp³-hybridized carbons (Fsp3) is 0.0556. The van der Waals surface area contributed by atoms with Gasteiger partial charge in [0.15, 0.2) is 0 Å². The number of aromatic nitrogens is 2. The largest absolute Gasteiger partial charge is 0.317 e. The van der Waals surface area contributed by atoms with Gasteiger partial charge in [-0.1, -0.05) is 24.3 Å². The zero-order chi connectivity index (χ0) is 16.3. The van der Waals surface area contributed by atoms with Gasteiger partial charge in [0.2, 0.25) is 11.3 Å². The molecule has 4 aromatic rings. The highest BCUT2D eigenvalue weighted by molar-refractivity contribution is 7.21. The van der Waals surface area contributed by atoms with Crippen molar-refractivity contribution in [3.8, 4) is 10.6 Å². The number of nitrogens with one attached hydrogen (secondary N) is 1. The minimum Gasteiger partial charge on any atom is -0.317 e. The van der Waals surface area contributed by atoms with Crippen LogP contribution in [0.15, 0.2) is 53.3 Å². The highest BCUT2D eigenvalue weighted by atomic mass is 32.1. The number of para-hydroxylation sites is 2. The number of amides is 1. The Hall–Kier alpha value is -2.99. The van der Waals surface area contributed by atoms with E-state index in [0.717, 1.165) is 15.7 Å². The molecule has 5 rings (SSSR count). The zero-order valence-electron chi connectivity index (χ0n) is 12.4. The summed E-state index contributed by atoms with van der Waals surface area (Å²) in [5, 5.41) is 4.07. The molecule has 0 spiro atoms. The quantitative estimate of drug-likeness (QED) is 0.582. The molecule has 0 radical (unpaired) electrons. The van der Waals surface area contributed by atoms with Crippen molar-refractivity contribution in [1.29, 1.82) is 0 Å². The Labute approximate surface area is 140 Å². The molecule has 0 atom stereocenters. The van der Waals surface area contributed by atoms with Crippen molar-refractivity contribution in [2.45, 2.75) is 6.54 Å². The van der Waals surface area contributed by atoms with Crippen LogP contribution in [0.3, 0.4) is 0 Å². The minimum absolute atomic E-state index is 0.0990. The van der Waals surface area contributed by atoms with Gasteiger partial charge in [-0.05, 0) is 24.3 Å². The highest BCUT2D eigenvalue weighted by Crippen LogP contribution is 2.35. The standard InChI is InChI=1S/C18H11N3O2S/c22-14-9-21-12-7-3-1-5-10(12)16(23)15(17(21)20-14)18-19-11-6-2-4-8-13(11)24-18/h1-8H,9H2,(H,20,22). The number of carbonyl (C=O) groups excluding carboxylic acids is 1. The van der Waals surface area contributed by atoms with Gasteiger partial charge in [-0.3, -0.25) is 9.59 Å². The Kier molecular flexibility index (Phi) is 2.66. The van der Waals surface area contributed by atoms with Crippen LogP contribution < -0.4 is 10.7 Å². The van der Waals surface area contributed by atoms with E-state index in [2.05, 4.69) is 10.3 Å². The summed E-state index contributed by atoms with van der Waals surface area (Å²) < 4.78 is 2.88. The van der Waals surface area contributed by atoms with Gasteiger partial charge in [0.25, 0.3) is 0 Å². The number of fused-ring (bicyclic) bond motifs is 4. The highest BCUT2D eigenvalue weighted by Gasteiger charge is 2.27. The van der Waals surface area contributed by atoms with Gasteiger partial charge >= 0.3 is 0 Å². The van der Waals surface area contributed by atoms with Gasteiger partial charge < -0.3 is 9.88 Å². The normalized spacial score (nSPS) is 13.4. The van der Waals surface area contributed by atoms with Crippen molar-refractivity contribution in [1.82, 2.24) is 9.55 Å². The van der Waals surface area contributed by atoms with Crippen LogP contribution in [0, 0.1) is 0 Å². The Morgan fingerprint density at radius 3 is 2.71 bits per heavy atom. The van der Waals surface area contributed by atoms with Gasteiger partial charge in [0.05, 0.1) is 21.3 Å². The second kappa shape index (κ2) is 4.75. The van der Waals surface area contributed by atoms with E-state index in [9.17, 15) is 9.59 Å². The van der Waals surface area contributed by atoms with Crippen molar-refractivity contribution in [3.05, 3.63) is 58.8 Å². The lowest BCUT2D eigenvalue weighted by Gasteiger charge is -2.11. The topological polar surface area (TPSA) is 64.0 Å². The van der Waals surface area contributed by atoms with E-state index in [1.54, 1.807) is 6.07 Å². The number of carbonyl (C=O) groups is 1. The number of anilines is 1. The summed E-state index contributed by atoms with van der Waals surface area (Å²) in [6.45, 7) is 0.216. The summed E-state index contributed by atoms with van der Waals surface area (Å²) in [7, 11) is 0. The van der Waals surface area contributed by atoms with Gasteiger partial charge in [-0.15, -0.1) is 11.3 Å². The van der Waals surface area contributed by atoms with Crippen LogP contribution in [0.4, 0.5) is 5.82 Å². The van der Waals surface area contributed by atoms with Crippen molar-refractivity contribution in [2.24, 2.45) is 0 Å². The maximum Gasteiger partial charge on any atom is 0.245 e. The summed E-state index contributed by atoms with van der Waals surface area (Å²) >= 11 is 1.46. The summed E-state index contributed by atoms with van der Waals surface area (Å²) in [6, 6.07) is 15.1. The van der Waals surface area contributed by atoms with E-state index in [1.807, 2.05) is 47.0 Å². The van der Waals surface area contributed by atoms with E-state index in [-0.39, 0.29) is 17.9 Å². The molecule has 0 bridgehead atoms. The van der Waals surface area contributed by atoms with Crippen molar-refractivity contribution >= 4 is 44.2 Å². The molecule has 0 fully saturated rings. The molecule has 6 heteroatoms. The summed E-state index contributed by atoms with van der Waals surface area (Å²) in [5.74, 6) is 0.427. The fourth-order valence-corrected chi connectivity index (χ4v) is 4.19. The first kappa shape index (κ1) is 13.4. The SMILES string of the molecule is O=C1Cn2c(c(-c3nc4ccccc4s3)c(=O)c3ccccc32)N1. The van der Waals surface area contributed by atoms with E-state index in [4.69, 9.17) is 0 Å². The molecule has 0 aliphatic carbocycles. The number of thiazole rings is 1. The fourth-order valence-electron chi connectivity index (χ4n) is 3.19. The molecule has 0 unspecified atom stereocenters. The van der Waals surface area contributed by atoms with Crippen LogP contribution in [-0.4, -0.2) is 15.5 Å². The predicted molar refractivity (Wildman–Crippen MR) is 95.5 cm³/mol. The number of hydrogen-bond acceptors (Lipinski definition) is 4. The van der Waals surface area contributed by atoms with Crippen molar-refractivity contribution in [3.63, 3.8) is 0 Å². The first-order chi connectivity index (χ1) is 11.7. The second-order valence-electron chi connectivity index (χ2n) is 5.69. The van der Waals surface area contributed by atoms with Crippen LogP contribution in [0.25, 0.3) is 31.7 Å². The Bertz CT molecular complexity index is 1170. The number of nitrogens with zero attached hydrogens (tertiary/aromatic N) is 2. The molecular weight excluding hydrogens is 322 g/mol. The smallest absolute Gasteiger partial charge is 0.245 e. The molecule has 2 aromatic heterocycles. The molecule has 5 nitrogen and oxygen atoms in total. The molecule has 1 amide bonds. The average molecular weight is 333 g/mol. The predicted octanol–water partition coefficient (Wildman–Crippen LogP) is 3.23. The van der Waals surface area contributed by atoms with Crippen LogP contribution >= 0.6 is 11.3 Å². The molecule has 1 N–H and O–H groups in total. The van der Waals surface area contributed by atoms with E-state index in [1.165, 1.54) is 11.3 Å². The first-order valence-corrected chi connectivity index (χ1v) is 8.35. The molecule has 3 heterocycles. The van der Waals surface area contributed by atoms with Crippen LogP contribution in [0.1, 0.15) is 0 Å². The molecule has 1 aliphatic rings. The van der Waals surface area contributed by atoms with E-state index in [0.29, 0.717) is 21.8 Å². The van der Waals surface area contributed by atoms with Gasteiger partial charge in [-0.2, -0.15) is 0 Å². The Balaban J connectivity index is 1.92. The Morgan fingerprint density at radius 2 is 1.83 bits per heavy atom. The van der Waals surface area contributed by atoms with Crippen LogP contribution in [-0.2, 0) is 11.3 Å². The Morgan fingerprint density at radius 1 is 1.04 bits per heavy atom. The van der Waals surface area contributed by atoms with Gasteiger partial charge in [-0.25, -0.2) is 4.98 Å². The molecule has 116 valence electrons. The van der Waals surface area contributed by atoms with Crippen molar-refractivity contribution < 1.29 is 4.79 Å². The maximum absolute atomic E-state index is 13.1. The molecule has 0 saturated carbocycles. The number of pyridine rings is 1. The van der Waals surface area contributed by atoms with Crippen molar-refractivity contribution in [2.75, 3.05) is 5.32 Å². The number of benzene rings is 2. The lowest BCUT2D eigenvalue weighted by atomic mass is 10.1. The average Bonchev–Trinajstić information content (AvgIpc) is 3.18. The van der Waals surface area contributed by atoms with Crippen LogP contribution in [0.5, 0.6) is 0 Å². The van der Waals surface area contributed by atoms with E-state index < -0.39 is 0 Å². The third kappa shape index (κ3) is 1.77. The monoisotopic (exact) mass is 333 g/mol. The minimum atomic E-state index is -0.117. The van der Waals surface area contributed by atoms with E-state index >= 15 is 0 Å². The summed E-state index contributed by atoms with van der Waals surface area (Å²) in [5.41, 5.74) is 1.99. The number of rotatable bonds is 1. The molecule has 2 aromatic carbocycles. The summed E-state index contributed by atoms with van der Waals surface area (Å²) in [4.78, 5) is 29.6. The molecule has 0 saturated heterocycles. The molecular formula is C18H11N3O2S. The van der Waals surface area contributed by atoms with Gasteiger partial charge in [0.1, 0.15) is 17.4 Å².